The van der Waals surface area contributed by atoms with E-state index < -0.39 is 5.69 Å². The van der Waals surface area contributed by atoms with Crippen molar-refractivity contribution in [3.63, 3.8) is 0 Å². The van der Waals surface area contributed by atoms with Crippen LogP contribution in [0.15, 0.2) is 0 Å². The lowest BCUT2D eigenvalue weighted by molar-refractivity contribution is 0.320. The molecule has 116 valence electrons. The van der Waals surface area contributed by atoms with Gasteiger partial charge in [-0.25, -0.2) is 0 Å². The van der Waals surface area contributed by atoms with Crippen LogP contribution < -0.4 is 17.2 Å². The molecule has 0 aliphatic carbocycles. The highest BCUT2D eigenvalue weighted by Crippen LogP contribution is 2.56. The molecule has 1 atom stereocenters. The number of nitrogen functional groups attached to an aromatic ring is 3. The van der Waals surface area contributed by atoms with Gasteiger partial charge in [0.25, 0.3) is 0 Å². The van der Waals surface area contributed by atoms with Gasteiger partial charge in [-0.1, -0.05) is 25.2 Å². The minimum atomic E-state index is -2.48. The van der Waals surface area contributed by atoms with Crippen LogP contribution in [0.25, 0.3) is 0 Å². The molecule has 0 saturated heterocycles. The van der Waals surface area contributed by atoms with Crippen LogP contribution in [-0.2, 0) is 16.3 Å². The van der Waals surface area contributed by atoms with Gasteiger partial charge < -0.3 is 26.6 Å². The summed E-state index contributed by atoms with van der Waals surface area (Å²) in [7, 11) is 0. The monoisotopic (exact) mass is 340 g/mol. The summed E-state index contributed by atoms with van der Waals surface area (Å²) in [5.74, 6) is 1.01. The predicted octanol–water partition coefficient (Wildman–Crippen LogP) is 1.39. The molecular formula is C9H21N6O2PS2. The molecule has 0 amide bonds. The van der Waals surface area contributed by atoms with Gasteiger partial charge in [0.2, 0.25) is 23.5 Å². The SMILES string of the molecule is CCCOP(O)(=S)SCCC.Nc1nc(N)nc(N)n1. The summed E-state index contributed by atoms with van der Waals surface area (Å²) in [5.41, 5.74) is 12.9. The molecule has 0 radical (unpaired) electrons. The van der Waals surface area contributed by atoms with E-state index >= 15 is 0 Å². The highest BCUT2D eigenvalue weighted by molar-refractivity contribution is 8.67. The normalized spacial score (nSPS) is 13.2. The third-order valence-electron chi connectivity index (χ3n) is 1.60. The van der Waals surface area contributed by atoms with Crippen molar-refractivity contribution >= 4 is 46.7 Å². The minimum absolute atomic E-state index is 0.0417. The second-order valence-corrected chi connectivity index (χ2v) is 9.84. The topological polar surface area (TPSA) is 146 Å². The van der Waals surface area contributed by atoms with Crippen molar-refractivity contribution in [3.8, 4) is 0 Å². The van der Waals surface area contributed by atoms with Crippen molar-refractivity contribution in [2.75, 3.05) is 29.6 Å². The molecule has 0 spiro atoms. The van der Waals surface area contributed by atoms with E-state index in [4.69, 9.17) is 33.5 Å². The lowest BCUT2D eigenvalue weighted by Gasteiger charge is -2.13. The van der Waals surface area contributed by atoms with E-state index in [1.54, 1.807) is 0 Å². The molecule has 0 bridgehead atoms. The van der Waals surface area contributed by atoms with E-state index in [2.05, 4.69) is 21.9 Å². The van der Waals surface area contributed by atoms with Crippen molar-refractivity contribution in [3.05, 3.63) is 0 Å². The zero-order valence-corrected chi connectivity index (χ0v) is 14.0. The fraction of sp³-hybridized carbons (Fsp3) is 0.667. The molecular weight excluding hydrogens is 319 g/mol. The average molecular weight is 340 g/mol. The standard InChI is InChI=1S/C6H15O2PS2.C3H6N6/c1-3-5-8-9(7,10)11-6-4-2;4-1-7-2(5)9-3(6)8-1/h3-6H2,1-2H3,(H,7,10);(H6,4,5,6,7,8,9). The summed E-state index contributed by atoms with van der Waals surface area (Å²) >= 11 is 6.26. The Morgan fingerprint density at radius 3 is 1.90 bits per heavy atom. The number of nitrogens with zero attached hydrogens (tertiary/aromatic N) is 3. The Labute approximate surface area is 127 Å². The summed E-state index contributed by atoms with van der Waals surface area (Å²) in [6, 6.07) is 0. The maximum absolute atomic E-state index is 9.44. The van der Waals surface area contributed by atoms with Gasteiger partial charge in [-0.2, -0.15) is 15.0 Å². The quantitative estimate of drug-likeness (QED) is 0.560. The van der Waals surface area contributed by atoms with Gasteiger partial charge in [-0.3, -0.25) is 0 Å². The first kappa shape index (κ1) is 19.3. The Kier molecular flexibility index (Phi) is 9.78. The highest BCUT2D eigenvalue weighted by Gasteiger charge is 2.12. The smallest absolute Gasteiger partial charge is 0.244 e. The molecule has 11 heteroatoms. The lowest BCUT2D eigenvalue weighted by atomic mass is 10.5. The van der Waals surface area contributed by atoms with Gasteiger partial charge in [-0.05, 0) is 24.6 Å². The second-order valence-electron chi connectivity index (χ2n) is 3.55. The Hall–Kier alpha value is -0.670. The molecule has 20 heavy (non-hydrogen) atoms. The van der Waals surface area contributed by atoms with Gasteiger partial charge in [0.05, 0.1) is 6.61 Å². The number of hydrogen-bond acceptors (Lipinski definition) is 9. The van der Waals surface area contributed by atoms with Crippen molar-refractivity contribution in [2.45, 2.75) is 26.7 Å². The number of hydrogen-bond donors (Lipinski definition) is 4. The number of aromatic nitrogens is 3. The van der Waals surface area contributed by atoms with Crippen LogP contribution in [-0.4, -0.2) is 32.2 Å². The van der Waals surface area contributed by atoms with Crippen LogP contribution in [0.2, 0.25) is 0 Å². The van der Waals surface area contributed by atoms with Crippen LogP contribution >= 0.6 is 17.1 Å². The minimum Gasteiger partial charge on any atom is -0.368 e. The first-order chi connectivity index (χ1) is 9.30. The van der Waals surface area contributed by atoms with E-state index in [-0.39, 0.29) is 17.8 Å². The van der Waals surface area contributed by atoms with Crippen LogP contribution in [0, 0.1) is 0 Å². The number of anilines is 3. The average Bonchev–Trinajstić information content (AvgIpc) is 2.33. The molecule has 0 aliphatic heterocycles. The van der Waals surface area contributed by atoms with Crippen LogP contribution in [0.5, 0.6) is 0 Å². The molecule has 1 rings (SSSR count). The number of rotatable bonds is 6. The van der Waals surface area contributed by atoms with E-state index in [0.717, 1.165) is 18.6 Å². The molecule has 7 N–H and O–H groups in total. The second kappa shape index (κ2) is 10.1. The highest BCUT2D eigenvalue weighted by atomic mass is 32.9. The maximum atomic E-state index is 9.44. The third-order valence-corrected chi connectivity index (χ3v) is 6.14. The van der Waals surface area contributed by atoms with Crippen LogP contribution in [0.4, 0.5) is 17.8 Å². The Morgan fingerprint density at radius 1 is 1.10 bits per heavy atom. The summed E-state index contributed by atoms with van der Waals surface area (Å²) in [5, 5.41) is 0. The lowest BCUT2D eigenvalue weighted by Crippen LogP contribution is -2.05. The molecule has 1 aromatic heterocycles. The van der Waals surface area contributed by atoms with Crippen molar-refractivity contribution < 1.29 is 9.42 Å². The van der Waals surface area contributed by atoms with E-state index in [0.29, 0.717) is 6.61 Å². The van der Waals surface area contributed by atoms with Crippen molar-refractivity contribution in [1.29, 1.82) is 0 Å². The summed E-state index contributed by atoms with van der Waals surface area (Å²) < 4.78 is 5.13. The molecule has 8 nitrogen and oxygen atoms in total. The van der Waals surface area contributed by atoms with Gasteiger partial charge in [0.15, 0.2) is 0 Å². The van der Waals surface area contributed by atoms with E-state index in [9.17, 15) is 4.89 Å². The van der Waals surface area contributed by atoms with E-state index in [1.165, 1.54) is 11.4 Å². The largest absolute Gasteiger partial charge is 0.368 e. The first-order valence-electron chi connectivity index (χ1n) is 5.95. The molecule has 1 unspecified atom stereocenters. The summed E-state index contributed by atoms with van der Waals surface area (Å²) in [4.78, 5) is 19.9. The molecule has 1 heterocycles. The Morgan fingerprint density at radius 2 is 1.55 bits per heavy atom. The van der Waals surface area contributed by atoms with E-state index in [1.807, 2.05) is 6.92 Å². The summed E-state index contributed by atoms with van der Waals surface area (Å²) in [6.07, 6.45) is 1.94. The summed E-state index contributed by atoms with van der Waals surface area (Å²) in [6.45, 7) is 4.63. The zero-order chi connectivity index (χ0) is 15.6. The Balaban J connectivity index is 0.000000367. The van der Waals surface area contributed by atoms with Gasteiger partial charge in [0.1, 0.15) is 0 Å². The molecule has 0 saturated carbocycles. The van der Waals surface area contributed by atoms with Gasteiger partial charge in [0, 0.05) is 5.75 Å². The zero-order valence-electron chi connectivity index (χ0n) is 11.5. The fourth-order valence-electron chi connectivity index (χ4n) is 0.878. The van der Waals surface area contributed by atoms with Gasteiger partial charge in [-0.15, -0.1) is 0 Å². The predicted molar refractivity (Wildman–Crippen MR) is 88.6 cm³/mol. The molecule has 0 aromatic carbocycles. The van der Waals surface area contributed by atoms with Crippen LogP contribution in [0.3, 0.4) is 0 Å². The third kappa shape index (κ3) is 10.2. The van der Waals surface area contributed by atoms with Crippen LogP contribution in [0.1, 0.15) is 26.7 Å². The van der Waals surface area contributed by atoms with Gasteiger partial charge >= 0.3 is 0 Å². The fourth-order valence-corrected chi connectivity index (χ4v) is 4.36. The number of nitrogens with two attached hydrogens (primary N) is 3. The molecule has 1 aromatic rings. The molecule has 0 fully saturated rings. The first-order valence-corrected chi connectivity index (χ1v) is 10.2. The van der Waals surface area contributed by atoms with Crippen molar-refractivity contribution in [2.24, 2.45) is 0 Å². The maximum Gasteiger partial charge on any atom is 0.244 e. The molecule has 0 aliphatic rings. The Bertz CT molecular complexity index is 388. The van der Waals surface area contributed by atoms with Crippen molar-refractivity contribution in [1.82, 2.24) is 15.0 Å².